The van der Waals surface area contributed by atoms with Crippen LogP contribution in [0.2, 0.25) is 0 Å². The van der Waals surface area contributed by atoms with Gasteiger partial charge in [0.25, 0.3) is 11.8 Å². The largest absolute Gasteiger partial charge is 0.469 e. The SMILES string of the molecule is COC(=O)C1CCCCC1CNC(=O)CCCCCCCCCCN1C(=O)c2ccccc2C1=O. The molecule has 0 spiro atoms. The van der Waals surface area contributed by atoms with E-state index in [0.29, 0.717) is 30.6 Å². The molecule has 3 rings (SSSR count). The molecule has 3 amide bonds. The Kier molecular flexibility index (Phi) is 10.8. The Balaban J connectivity index is 1.17. The second-order valence-corrected chi connectivity index (χ2v) is 9.86. The third-order valence-corrected chi connectivity index (χ3v) is 7.39. The van der Waals surface area contributed by atoms with E-state index in [0.717, 1.165) is 77.0 Å². The number of amides is 3. The van der Waals surface area contributed by atoms with Crippen molar-refractivity contribution in [1.82, 2.24) is 10.2 Å². The smallest absolute Gasteiger partial charge is 0.309 e. The topological polar surface area (TPSA) is 92.8 Å². The molecule has 1 aliphatic heterocycles. The molecule has 1 saturated carbocycles. The van der Waals surface area contributed by atoms with E-state index in [-0.39, 0.29) is 35.5 Å². The van der Waals surface area contributed by atoms with Crippen LogP contribution >= 0.6 is 0 Å². The van der Waals surface area contributed by atoms with Crippen molar-refractivity contribution < 1.29 is 23.9 Å². The summed E-state index contributed by atoms with van der Waals surface area (Å²) in [6, 6.07) is 7.02. The number of fused-ring (bicyclic) bond motifs is 1. The van der Waals surface area contributed by atoms with Gasteiger partial charge in [-0.15, -0.1) is 0 Å². The Morgan fingerprint density at radius 2 is 1.46 bits per heavy atom. The number of carbonyl (C=O) groups excluding carboxylic acids is 4. The van der Waals surface area contributed by atoms with Crippen LogP contribution < -0.4 is 5.32 Å². The summed E-state index contributed by atoms with van der Waals surface area (Å²) in [6.45, 7) is 1.06. The van der Waals surface area contributed by atoms with Gasteiger partial charge >= 0.3 is 5.97 Å². The second kappa shape index (κ2) is 14.0. The predicted molar refractivity (Wildman–Crippen MR) is 134 cm³/mol. The van der Waals surface area contributed by atoms with E-state index in [2.05, 4.69) is 5.32 Å². The Morgan fingerprint density at radius 3 is 2.09 bits per heavy atom. The Labute approximate surface area is 209 Å². The fourth-order valence-electron chi connectivity index (χ4n) is 5.31. The molecule has 1 aromatic carbocycles. The van der Waals surface area contributed by atoms with Crippen molar-refractivity contribution >= 4 is 23.7 Å². The fourth-order valence-corrected chi connectivity index (χ4v) is 5.31. The summed E-state index contributed by atoms with van der Waals surface area (Å²) in [6.07, 6.45) is 12.8. The monoisotopic (exact) mass is 484 g/mol. The van der Waals surface area contributed by atoms with Crippen LogP contribution in [0.15, 0.2) is 24.3 Å². The van der Waals surface area contributed by atoms with Gasteiger partial charge < -0.3 is 10.1 Å². The molecule has 1 heterocycles. The number of methoxy groups -OCH3 is 1. The summed E-state index contributed by atoms with van der Waals surface area (Å²) in [7, 11) is 1.44. The molecular formula is C28H40N2O5. The number of nitrogens with one attached hydrogen (secondary N) is 1. The van der Waals surface area contributed by atoms with Gasteiger partial charge in [-0.3, -0.25) is 24.1 Å². The zero-order chi connectivity index (χ0) is 25.0. The summed E-state index contributed by atoms with van der Waals surface area (Å²) in [5.74, 6) is -0.299. The molecule has 35 heavy (non-hydrogen) atoms. The number of ether oxygens (including phenoxy) is 1. The van der Waals surface area contributed by atoms with Gasteiger partial charge in [0, 0.05) is 19.5 Å². The van der Waals surface area contributed by atoms with Gasteiger partial charge in [-0.05, 0) is 43.7 Å². The zero-order valence-electron chi connectivity index (χ0n) is 21.1. The molecule has 2 atom stereocenters. The third-order valence-electron chi connectivity index (χ3n) is 7.39. The first-order chi connectivity index (χ1) is 17.0. The summed E-state index contributed by atoms with van der Waals surface area (Å²) >= 11 is 0. The quantitative estimate of drug-likeness (QED) is 0.231. The Morgan fingerprint density at radius 1 is 0.886 bits per heavy atom. The van der Waals surface area contributed by atoms with Gasteiger partial charge in [0.15, 0.2) is 0 Å². The highest BCUT2D eigenvalue weighted by Crippen LogP contribution is 2.30. The van der Waals surface area contributed by atoms with Crippen LogP contribution in [0.4, 0.5) is 0 Å². The fraction of sp³-hybridized carbons (Fsp3) is 0.643. The summed E-state index contributed by atoms with van der Waals surface area (Å²) in [5, 5.41) is 3.02. The zero-order valence-corrected chi connectivity index (χ0v) is 21.1. The van der Waals surface area contributed by atoms with Crippen LogP contribution in [0.1, 0.15) is 104 Å². The lowest BCUT2D eigenvalue weighted by Gasteiger charge is -2.29. The van der Waals surface area contributed by atoms with Gasteiger partial charge in [-0.2, -0.15) is 0 Å². The maximum Gasteiger partial charge on any atom is 0.309 e. The predicted octanol–water partition coefficient (Wildman–Crippen LogP) is 4.89. The van der Waals surface area contributed by atoms with Crippen molar-refractivity contribution in [3.63, 3.8) is 0 Å². The van der Waals surface area contributed by atoms with E-state index >= 15 is 0 Å². The van der Waals surface area contributed by atoms with Crippen molar-refractivity contribution in [1.29, 1.82) is 0 Å². The molecule has 0 aromatic heterocycles. The maximum absolute atomic E-state index is 12.4. The first kappa shape index (κ1) is 26.9. The Bertz CT molecular complexity index is 849. The maximum atomic E-state index is 12.4. The summed E-state index contributed by atoms with van der Waals surface area (Å²) < 4.78 is 4.92. The van der Waals surface area contributed by atoms with Gasteiger partial charge in [-0.25, -0.2) is 0 Å². The number of hydrogen-bond donors (Lipinski definition) is 1. The normalized spacial score (nSPS) is 19.5. The van der Waals surface area contributed by atoms with Crippen molar-refractivity contribution in [3.05, 3.63) is 35.4 Å². The molecule has 0 radical (unpaired) electrons. The first-order valence-corrected chi connectivity index (χ1v) is 13.3. The van der Waals surface area contributed by atoms with Crippen LogP contribution in [0.3, 0.4) is 0 Å². The average Bonchev–Trinajstić information content (AvgIpc) is 3.13. The number of carbonyl (C=O) groups is 4. The molecule has 1 fully saturated rings. The van der Waals surface area contributed by atoms with Gasteiger partial charge in [0.1, 0.15) is 0 Å². The second-order valence-electron chi connectivity index (χ2n) is 9.86. The number of esters is 1. The number of hydrogen-bond acceptors (Lipinski definition) is 5. The van der Waals surface area contributed by atoms with E-state index in [9.17, 15) is 19.2 Å². The van der Waals surface area contributed by atoms with Crippen LogP contribution in [-0.2, 0) is 14.3 Å². The van der Waals surface area contributed by atoms with Crippen LogP contribution in [0, 0.1) is 11.8 Å². The molecule has 0 bridgehead atoms. The van der Waals surface area contributed by atoms with Crippen LogP contribution in [0.5, 0.6) is 0 Å². The minimum atomic E-state index is -0.170. The van der Waals surface area contributed by atoms with Gasteiger partial charge in [0.05, 0.1) is 24.2 Å². The van der Waals surface area contributed by atoms with Crippen LogP contribution in [-0.4, -0.2) is 48.8 Å². The number of imide groups is 1. The van der Waals surface area contributed by atoms with E-state index in [1.165, 1.54) is 12.0 Å². The third kappa shape index (κ3) is 7.64. The van der Waals surface area contributed by atoms with Gasteiger partial charge in [-0.1, -0.05) is 63.5 Å². The van der Waals surface area contributed by atoms with E-state index < -0.39 is 0 Å². The highest BCUT2D eigenvalue weighted by Gasteiger charge is 2.34. The van der Waals surface area contributed by atoms with Crippen molar-refractivity contribution in [2.24, 2.45) is 11.8 Å². The minimum Gasteiger partial charge on any atom is -0.469 e. The molecule has 1 aromatic rings. The molecule has 1 N–H and O–H groups in total. The van der Waals surface area contributed by atoms with Crippen molar-refractivity contribution in [2.45, 2.75) is 83.5 Å². The van der Waals surface area contributed by atoms with Crippen LogP contribution in [0.25, 0.3) is 0 Å². The van der Waals surface area contributed by atoms with E-state index in [1.807, 2.05) is 0 Å². The highest BCUT2D eigenvalue weighted by molar-refractivity contribution is 6.21. The standard InChI is InChI=1S/C28H40N2O5/c1-35-28(34)22-15-10-9-14-21(22)20-29-25(31)18-8-6-4-2-3-5-7-13-19-30-26(32)23-16-11-12-17-24(23)27(30)33/h11-12,16-17,21-22H,2-10,13-15,18-20H2,1H3,(H,29,31). The molecule has 7 nitrogen and oxygen atoms in total. The van der Waals surface area contributed by atoms with E-state index in [4.69, 9.17) is 4.74 Å². The lowest BCUT2D eigenvalue weighted by Crippen LogP contribution is -2.37. The van der Waals surface area contributed by atoms with E-state index in [1.54, 1.807) is 24.3 Å². The lowest BCUT2D eigenvalue weighted by molar-refractivity contribution is -0.148. The molecule has 7 heteroatoms. The molecule has 2 aliphatic rings. The lowest BCUT2D eigenvalue weighted by atomic mass is 9.79. The summed E-state index contributed by atoms with van der Waals surface area (Å²) in [4.78, 5) is 50.2. The summed E-state index contributed by atoms with van der Waals surface area (Å²) in [5.41, 5.74) is 1.04. The molecule has 2 unspecified atom stereocenters. The molecule has 1 aliphatic carbocycles. The first-order valence-electron chi connectivity index (χ1n) is 13.3. The average molecular weight is 485 g/mol. The highest BCUT2D eigenvalue weighted by atomic mass is 16.5. The molecule has 0 saturated heterocycles. The number of benzene rings is 1. The number of nitrogens with zero attached hydrogens (tertiary/aromatic N) is 1. The van der Waals surface area contributed by atoms with Gasteiger partial charge in [0.2, 0.25) is 5.91 Å². The molecular weight excluding hydrogens is 444 g/mol. The molecule has 192 valence electrons. The van der Waals surface area contributed by atoms with Crippen molar-refractivity contribution in [3.8, 4) is 0 Å². The minimum absolute atomic E-state index is 0.0762. The van der Waals surface area contributed by atoms with Crippen molar-refractivity contribution in [2.75, 3.05) is 20.2 Å². The Hall–Kier alpha value is -2.70. The number of rotatable bonds is 14. The number of unbranched alkanes of at least 4 members (excludes halogenated alkanes) is 7.